The van der Waals surface area contributed by atoms with Crippen molar-refractivity contribution in [3.8, 4) is 0 Å². The molecule has 4 nitrogen and oxygen atoms in total. The predicted molar refractivity (Wildman–Crippen MR) is 80.6 cm³/mol. The molecule has 1 amide bonds. The highest BCUT2D eigenvalue weighted by Gasteiger charge is 2.28. The van der Waals surface area contributed by atoms with Gasteiger partial charge in [0, 0.05) is 19.1 Å². The summed E-state index contributed by atoms with van der Waals surface area (Å²) in [6.07, 6.45) is 2.60. The van der Waals surface area contributed by atoms with E-state index >= 15 is 0 Å². The molecule has 1 atom stereocenters. The molecule has 1 fully saturated rings. The van der Waals surface area contributed by atoms with Gasteiger partial charge in [0.1, 0.15) is 0 Å². The molecule has 0 aromatic heterocycles. The highest BCUT2D eigenvalue weighted by molar-refractivity contribution is 5.85. The number of carbonyl (C=O) groups is 1. The first-order chi connectivity index (χ1) is 7.32. The van der Waals surface area contributed by atoms with Gasteiger partial charge in [0.25, 0.3) is 0 Å². The normalized spacial score (nSPS) is 16.6. The van der Waals surface area contributed by atoms with Crippen molar-refractivity contribution in [3.05, 3.63) is 0 Å². The van der Waals surface area contributed by atoms with Crippen molar-refractivity contribution < 1.29 is 4.79 Å². The number of carbonyl (C=O) groups excluding carboxylic acids is 1. The lowest BCUT2D eigenvalue weighted by atomic mass is 9.87. The van der Waals surface area contributed by atoms with Crippen LogP contribution in [0.2, 0.25) is 0 Å². The standard InChI is InChI=1S/C12H25N3O.2ClH/c1-12(2,3)10(13)11(16)14-7-8-15(4)9-5-6-9;;/h9-10H,5-8,13H2,1-4H3,(H,14,16);2*1H/t10-;;/m1../s1. The number of halogens is 2. The van der Waals surface area contributed by atoms with Crippen LogP contribution in [-0.4, -0.2) is 43.0 Å². The fraction of sp³-hybridized carbons (Fsp3) is 0.917. The zero-order valence-corrected chi connectivity index (χ0v) is 13.4. The molecule has 0 aromatic carbocycles. The highest BCUT2D eigenvalue weighted by Crippen LogP contribution is 2.24. The van der Waals surface area contributed by atoms with E-state index in [2.05, 4.69) is 17.3 Å². The van der Waals surface area contributed by atoms with Crippen LogP contribution in [0.1, 0.15) is 33.6 Å². The first kappa shape index (κ1) is 20.3. The lowest BCUT2D eigenvalue weighted by molar-refractivity contribution is -0.124. The van der Waals surface area contributed by atoms with Crippen molar-refractivity contribution in [2.75, 3.05) is 20.1 Å². The molecule has 1 rings (SSSR count). The number of nitrogens with zero attached hydrogens (tertiary/aromatic N) is 1. The Morgan fingerprint density at radius 2 is 1.89 bits per heavy atom. The van der Waals surface area contributed by atoms with Gasteiger partial charge >= 0.3 is 0 Å². The summed E-state index contributed by atoms with van der Waals surface area (Å²) in [5.41, 5.74) is 5.68. The second-order valence-electron chi connectivity index (χ2n) is 5.85. The van der Waals surface area contributed by atoms with E-state index in [9.17, 15) is 4.79 Å². The average molecular weight is 300 g/mol. The van der Waals surface area contributed by atoms with Crippen LogP contribution in [0.15, 0.2) is 0 Å². The van der Waals surface area contributed by atoms with Gasteiger partial charge in [-0.25, -0.2) is 0 Å². The van der Waals surface area contributed by atoms with Crippen LogP contribution in [-0.2, 0) is 4.79 Å². The van der Waals surface area contributed by atoms with E-state index in [0.29, 0.717) is 6.54 Å². The number of amides is 1. The Bertz CT molecular complexity index is 252. The number of nitrogens with two attached hydrogens (primary N) is 1. The summed E-state index contributed by atoms with van der Waals surface area (Å²) in [7, 11) is 2.10. The van der Waals surface area contributed by atoms with Crippen molar-refractivity contribution in [2.45, 2.75) is 45.7 Å². The Hall–Kier alpha value is -0.0300. The number of hydrogen-bond acceptors (Lipinski definition) is 3. The fourth-order valence-electron chi connectivity index (χ4n) is 1.56. The molecular weight excluding hydrogens is 273 g/mol. The Labute approximate surface area is 123 Å². The Morgan fingerprint density at radius 3 is 2.28 bits per heavy atom. The minimum atomic E-state index is -0.432. The van der Waals surface area contributed by atoms with Gasteiger partial charge in [-0.2, -0.15) is 0 Å². The van der Waals surface area contributed by atoms with Crippen LogP contribution in [0.3, 0.4) is 0 Å². The van der Waals surface area contributed by atoms with Crippen LogP contribution >= 0.6 is 24.8 Å². The van der Waals surface area contributed by atoms with E-state index in [1.807, 2.05) is 20.8 Å². The molecule has 3 N–H and O–H groups in total. The topological polar surface area (TPSA) is 58.4 Å². The number of likely N-dealkylation sites (N-methyl/N-ethyl adjacent to an activating group) is 1. The third-order valence-electron chi connectivity index (χ3n) is 3.15. The molecule has 0 heterocycles. The SMILES string of the molecule is CN(CCNC(=O)[C@@H](N)C(C)(C)C)C1CC1.Cl.Cl. The Kier molecular flexibility index (Phi) is 9.25. The first-order valence-corrected chi connectivity index (χ1v) is 6.06. The molecule has 6 heteroatoms. The van der Waals surface area contributed by atoms with Gasteiger partial charge < -0.3 is 16.0 Å². The zero-order chi connectivity index (χ0) is 12.3. The van der Waals surface area contributed by atoms with Crippen molar-refractivity contribution in [1.82, 2.24) is 10.2 Å². The quantitative estimate of drug-likeness (QED) is 0.807. The van der Waals surface area contributed by atoms with Crippen molar-refractivity contribution in [3.63, 3.8) is 0 Å². The lowest BCUT2D eigenvalue weighted by Crippen LogP contribution is -2.49. The van der Waals surface area contributed by atoms with Crippen LogP contribution < -0.4 is 11.1 Å². The molecule has 0 radical (unpaired) electrons. The van der Waals surface area contributed by atoms with Crippen molar-refractivity contribution in [1.29, 1.82) is 0 Å². The zero-order valence-electron chi connectivity index (χ0n) is 11.7. The maximum absolute atomic E-state index is 11.7. The average Bonchev–Trinajstić information content (AvgIpc) is 2.97. The molecular formula is C12H27Cl2N3O. The van der Waals surface area contributed by atoms with Gasteiger partial charge in [0.15, 0.2) is 0 Å². The molecule has 1 aliphatic carbocycles. The van der Waals surface area contributed by atoms with Gasteiger partial charge in [-0.05, 0) is 25.3 Å². The highest BCUT2D eigenvalue weighted by atomic mass is 35.5. The minimum absolute atomic E-state index is 0. The maximum Gasteiger partial charge on any atom is 0.237 e. The first-order valence-electron chi connectivity index (χ1n) is 6.06. The second kappa shape index (κ2) is 8.20. The molecule has 0 unspecified atom stereocenters. The van der Waals surface area contributed by atoms with Crippen LogP contribution in [0.25, 0.3) is 0 Å². The molecule has 0 aromatic rings. The molecule has 18 heavy (non-hydrogen) atoms. The van der Waals surface area contributed by atoms with Gasteiger partial charge in [-0.3, -0.25) is 4.79 Å². The summed E-state index contributed by atoms with van der Waals surface area (Å²) in [4.78, 5) is 14.0. The van der Waals surface area contributed by atoms with Crippen molar-refractivity contribution in [2.24, 2.45) is 11.1 Å². The maximum atomic E-state index is 11.7. The van der Waals surface area contributed by atoms with E-state index in [0.717, 1.165) is 12.6 Å². The van der Waals surface area contributed by atoms with E-state index in [1.165, 1.54) is 12.8 Å². The predicted octanol–water partition coefficient (Wildman–Crippen LogP) is 1.41. The molecule has 0 bridgehead atoms. The van der Waals surface area contributed by atoms with Crippen molar-refractivity contribution >= 4 is 30.7 Å². The van der Waals surface area contributed by atoms with Gasteiger partial charge in [0.05, 0.1) is 6.04 Å². The Morgan fingerprint density at radius 1 is 1.39 bits per heavy atom. The summed E-state index contributed by atoms with van der Waals surface area (Å²) >= 11 is 0. The number of nitrogens with one attached hydrogen (secondary N) is 1. The van der Waals surface area contributed by atoms with Crippen LogP contribution in [0, 0.1) is 5.41 Å². The lowest BCUT2D eigenvalue weighted by Gasteiger charge is -2.26. The van der Waals surface area contributed by atoms with E-state index in [-0.39, 0.29) is 36.1 Å². The summed E-state index contributed by atoms with van der Waals surface area (Å²) in [5, 5.41) is 2.90. The smallest absolute Gasteiger partial charge is 0.237 e. The molecule has 0 saturated heterocycles. The number of rotatable bonds is 5. The van der Waals surface area contributed by atoms with Gasteiger partial charge in [-0.1, -0.05) is 20.8 Å². The summed E-state index contributed by atoms with van der Waals surface area (Å²) in [5.74, 6) is -0.0447. The van der Waals surface area contributed by atoms with Gasteiger partial charge in [-0.15, -0.1) is 24.8 Å². The molecule has 1 aliphatic rings. The fourth-order valence-corrected chi connectivity index (χ4v) is 1.56. The number of hydrogen-bond donors (Lipinski definition) is 2. The Balaban J connectivity index is 0. The molecule has 110 valence electrons. The molecule has 0 aliphatic heterocycles. The van der Waals surface area contributed by atoms with Gasteiger partial charge in [0.2, 0.25) is 5.91 Å². The van der Waals surface area contributed by atoms with Crippen LogP contribution in [0.4, 0.5) is 0 Å². The molecule has 0 spiro atoms. The van der Waals surface area contributed by atoms with E-state index in [4.69, 9.17) is 5.73 Å². The largest absolute Gasteiger partial charge is 0.353 e. The minimum Gasteiger partial charge on any atom is -0.353 e. The third-order valence-corrected chi connectivity index (χ3v) is 3.15. The summed E-state index contributed by atoms with van der Waals surface area (Å²) < 4.78 is 0. The molecule has 1 saturated carbocycles. The van der Waals surface area contributed by atoms with E-state index < -0.39 is 6.04 Å². The summed E-state index contributed by atoms with van der Waals surface area (Å²) in [6.45, 7) is 7.54. The monoisotopic (exact) mass is 299 g/mol. The summed E-state index contributed by atoms with van der Waals surface area (Å²) in [6, 6.07) is 0.312. The van der Waals surface area contributed by atoms with Crippen LogP contribution in [0.5, 0.6) is 0 Å². The van der Waals surface area contributed by atoms with E-state index in [1.54, 1.807) is 0 Å². The second-order valence-corrected chi connectivity index (χ2v) is 5.85. The third kappa shape index (κ3) is 6.78.